The molecular weight excluding hydrogens is 242 g/mol. The molecule has 4 bridgehead atoms. The zero-order valence-electron chi connectivity index (χ0n) is 9.42. The van der Waals surface area contributed by atoms with Crippen molar-refractivity contribution < 1.29 is 23.4 Å². The average molecular weight is 254 g/mol. The van der Waals surface area contributed by atoms with Gasteiger partial charge in [0.15, 0.2) is 5.60 Å². The molecule has 5 saturated carbocycles. The predicted octanol–water partition coefficient (Wildman–Crippen LogP) is 1.23. The van der Waals surface area contributed by atoms with E-state index in [2.05, 4.69) is 0 Å². The molecule has 96 valence electrons. The van der Waals surface area contributed by atoms with Gasteiger partial charge in [0.25, 0.3) is 0 Å². The lowest BCUT2D eigenvalue weighted by atomic mass is 9.56. The van der Waals surface area contributed by atoms with Crippen LogP contribution in [0.15, 0.2) is 0 Å². The first-order valence-electron chi connectivity index (χ1n) is 6.81. The third-order valence-electron chi connectivity index (χ3n) is 7.46. The van der Waals surface area contributed by atoms with Gasteiger partial charge in [0.1, 0.15) is 0 Å². The second kappa shape index (κ2) is 2.03. The fraction of sp³-hybridized carbons (Fsp3) is 0.923. The second-order valence-corrected chi connectivity index (χ2v) is 7.18. The van der Waals surface area contributed by atoms with Crippen LogP contribution in [-0.2, 0) is 9.53 Å². The van der Waals surface area contributed by atoms with E-state index in [1.54, 1.807) is 0 Å². The van der Waals surface area contributed by atoms with Gasteiger partial charge in [-0.2, -0.15) is 8.78 Å². The molecule has 0 aromatic rings. The summed E-state index contributed by atoms with van der Waals surface area (Å²) in [6, 6.07) is 0. The van der Waals surface area contributed by atoms with Gasteiger partial charge in [-0.1, -0.05) is 0 Å². The van der Waals surface area contributed by atoms with Crippen LogP contribution in [0.5, 0.6) is 0 Å². The van der Waals surface area contributed by atoms with Crippen LogP contribution in [-0.4, -0.2) is 28.7 Å². The molecule has 10 atom stereocenters. The SMILES string of the molecule is O=C(O)C(F)(F)[C@]12O[C@H]3[C@H]4[C@H]5[C@@H]6C[C@H]([C@@H]5[C@H]41)[C@@H]2[C@@H]63. The maximum atomic E-state index is 14.3. The van der Waals surface area contributed by atoms with Crippen molar-refractivity contribution in [2.75, 3.05) is 0 Å². The van der Waals surface area contributed by atoms with E-state index in [1.807, 2.05) is 0 Å². The van der Waals surface area contributed by atoms with Crippen LogP contribution in [0.2, 0.25) is 0 Å². The standard InChI is InChI=1S/C13H12F2O3/c14-13(15,11(16)17)12-8-3-1-2-4-5(3)9(12)7(4)10(18-12)6(2)8/h2-10H,1H2,(H,16,17)/t2-,3+,4-,5-,6+,7-,8+,9+,10+,12+/m0/s1. The van der Waals surface area contributed by atoms with Crippen LogP contribution in [0.1, 0.15) is 6.42 Å². The number of carbonyl (C=O) groups is 1. The van der Waals surface area contributed by atoms with Gasteiger partial charge in [0.05, 0.1) is 6.10 Å². The largest absolute Gasteiger partial charge is 0.477 e. The number of hydrogen-bond acceptors (Lipinski definition) is 2. The Kier molecular flexibility index (Phi) is 1.04. The van der Waals surface area contributed by atoms with Gasteiger partial charge in [0.2, 0.25) is 0 Å². The van der Waals surface area contributed by atoms with Crippen LogP contribution in [0.3, 0.4) is 0 Å². The number of aliphatic carboxylic acids is 1. The van der Waals surface area contributed by atoms with E-state index in [0.717, 1.165) is 6.42 Å². The van der Waals surface area contributed by atoms with Crippen molar-refractivity contribution in [1.29, 1.82) is 0 Å². The molecule has 18 heavy (non-hydrogen) atoms. The molecule has 2 saturated heterocycles. The van der Waals surface area contributed by atoms with Gasteiger partial charge in [-0.05, 0) is 41.9 Å². The first-order valence-corrected chi connectivity index (χ1v) is 6.81. The topological polar surface area (TPSA) is 46.5 Å². The van der Waals surface area contributed by atoms with Gasteiger partial charge in [-0.3, -0.25) is 0 Å². The summed E-state index contributed by atoms with van der Waals surface area (Å²) in [6.07, 6.45) is 1.03. The summed E-state index contributed by atoms with van der Waals surface area (Å²) >= 11 is 0. The van der Waals surface area contributed by atoms with Gasteiger partial charge in [-0.25, -0.2) is 4.79 Å². The van der Waals surface area contributed by atoms with Crippen molar-refractivity contribution in [2.24, 2.45) is 47.3 Å². The average Bonchev–Trinajstić information content (AvgIpc) is 2.86. The quantitative estimate of drug-likeness (QED) is 0.806. The van der Waals surface area contributed by atoms with Crippen molar-refractivity contribution >= 4 is 5.97 Å². The maximum absolute atomic E-state index is 14.3. The van der Waals surface area contributed by atoms with Gasteiger partial charge in [0, 0.05) is 11.8 Å². The molecular formula is C13H12F2O3. The minimum atomic E-state index is -3.71. The molecule has 7 aliphatic rings. The van der Waals surface area contributed by atoms with Gasteiger partial charge < -0.3 is 9.84 Å². The molecule has 0 unspecified atom stereocenters. The van der Waals surface area contributed by atoms with E-state index < -0.39 is 17.5 Å². The molecule has 7 rings (SSSR count). The summed E-state index contributed by atoms with van der Waals surface area (Å²) < 4.78 is 34.4. The lowest BCUT2D eigenvalue weighted by Crippen LogP contribution is -2.61. The minimum Gasteiger partial charge on any atom is -0.477 e. The van der Waals surface area contributed by atoms with E-state index >= 15 is 0 Å². The molecule has 3 nitrogen and oxygen atoms in total. The Morgan fingerprint density at radius 1 is 1.17 bits per heavy atom. The number of carboxylic acids is 1. The Labute approximate surface area is 101 Å². The number of ether oxygens (including phenoxy) is 1. The summed E-state index contributed by atoms with van der Waals surface area (Å²) in [5.41, 5.74) is -1.63. The zero-order chi connectivity index (χ0) is 12.2. The van der Waals surface area contributed by atoms with Crippen LogP contribution in [0.25, 0.3) is 0 Å². The predicted molar refractivity (Wildman–Crippen MR) is 52.7 cm³/mol. The minimum absolute atomic E-state index is 0.0380. The van der Waals surface area contributed by atoms with E-state index in [1.165, 1.54) is 0 Å². The molecule has 7 fully saturated rings. The molecule has 5 aliphatic carbocycles. The third-order valence-corrected chi connectivity index (χ3v) is 7.46. The summed E-state index contributed by atoms with van der Waals surface area (Å²) in [5, 5.41) is 8.95. The lowest BCUT2D eigenvalue weighted by Gasteiger charge is -2.46. The lowest BCUT2D eigenvalue weighted by molar-refractivity contribution is -0.222. The van der Waals surface area contributed by atoms with Crippen molar-refractivity contribution in [1.82, 2.24) is 0 Å². The highest BCUT2D eigenvalue weighted by Gasteiger charge is 2.97. The Bertz CT molecular complexity index is 524. The van der Waals surface area contributed by atoms with Gasteiger partial charge in [-0.15, -0.1) is 0 Å². The highest BCUT2D eigenvalue weighted by atomic mass is 19.3. The summed E-state index contributed by atoms with van der Waals surface area (Å²) in [5.74, 6) is -3.63. The molecule has 1 N–H and O–H groups in total. The highest BCUT2D eigenvalue weighted by molar-refractivity contribution is 5.78. The van der Waals surface area contributed by atoms with Crippen molar-refractivity contribution in [3.8, 4) is 0 Å². The van der Waals surface area contributed by atoms with Crippen LogP contribution in [0.4, 0.5) is 8.78 Å². The Morgan fingerprint density at radius 3 is 2.67 bits per heavy atom. The first-order chi connectivity index (χ1) is 8.52. The van der Waals surface area contributed by atoms with Crippen molar-refractivity contribution in [3.05, 3.63) is 0 Å². The molecule has 0 aromatic carbocycles. The summed E-state index contributed by atoms with van der Waals surface area (Å²) in [7, 11) is 0. The van der Waals surface area contributed by atoms with Gasteiger partial charge >= 0.3 is 11.9 Å². The smallest absolute Gasteiger partial charge is 0.377 e. The molecule has 0 spiro atoms. The number of hydrogen-bond donors (Lipinski definition) is 1. The van der Waals surface area contributed by atoms with E-state index in [9.17, 15) is 13.6 Å². The molecule has 2 heterocycles. The first kappa shape index (κ1) is 9.23. The molecule has 0 radical (unpaired) electrons. The maximum Gasteiger partial charge on any atom is 0.377 e. The molecule has 5 heteroatoms. The number of carboxylic acid groups (broad SMARTS) is 1. The zero-order valence-corrected chi connectivity index (χ0v) is 9.42. The van der Waals surface area contributed by atoms with Crippen molar-refractivity contribution in [3.63, 3.8) is 0 Å². The number of alkyl halides is 2. The Morgan fingerprint density at radius 2 is 1.94 bits per heavy atom. The number of halogens is 2. The molecule has 2 aliphatic heterocycles. The molecule has 0 amide bonds. The molecule has 0 aromatic heterocycles. The van der Waals surface area contributed by atoms with Crippen LogP contribution < -0.4 is 0 Å². The number of rotatable bonds is 2. The Hall–Kier alpha value is -0.710. The van der Waals surface area contributed by atoms with Crippen molar-refractivity contribution in [2.45, 2.75) is 24.0 Å². The normalized spacial score (nSPS) is 71.6. The third kappa shape index (κ3) is 0.497. The van der Waals surface area contributed by atoms with Crippen LogP contribution in [0, 0.1) is 47.3 Å². The fourth-order valence-electron chi connectivity index (χ4n) is 7.67. The van der Waals surface area contributed by atoms with E-state index in [-0.39, 0.29) is 29.8 Å². The summed E-state index contributed by atoms with van der Waals surface area (Å²) in [6.45, 7) is 0. The van der Waals surface area contributed by atoms with Crippen LogP contribution >= 0.6 is 0 Å². The Balaban J connectivity index is 1.65. The fourth-order valence-corrected chi connectivity index (χ4v) is 7.67. The summed E-state index contributed by atoms with van der Waals surface area (Å²) in [4.78, 5) is 11.0. The van der Waals surface area contributed by atoms with E-state index in [4.69, 9.17) is 9.84 Å². The highest BCUT2D eigenvalue weighted by Crippen LogP contribution is 2.91. The second-order valence-electron chi connectivity index (χ2n) is 7.18. The monoisotopic (exact) mass is 254 g/mol. The van der Waals surface area contributed by atoms with E-state index in [0.29, 0.717) is 23.7 Å².